The van der Waals surface area contributed by atoms with Gasteiger partial charge in [0.1, 0.15) is 0 Å². The second-order valence-corrected chi connectivity index (χ2v) is 8.57. The number of aryl methyl sites for hydroxylation is 1. The van der Waals surface area contributed by atoms with Crippen LogP contribution >= 0.6 is 0 Å². The van der Waals surface area contributed by atoms with Gasteiger partial charge in [-0.1, -0.05) is 12.5 Å². The number of rotatable bonds is 4. The maximum atomic E-state index is 11.4. The maximum Gasteiger partial charge on any atom is 0.0928 e. The highest BCUT2D eigenvalue weighted by Crippen LogP contribution is 2.34. The van der Waals surface area contributed by atoms with Crippen LogP contribution in [0, 0.1) is 6.92 Å². The Labute approximate surface area is 158 Å². The molecule has 0 unspecified atom stereocenters. The predicted molar refractivity (Wildman–Crippen MR) is 104 cm³/mol. The van der Waals surface area contributed by atoms with Gasteiger partial charge < -0.3 is 5.11 Å². The van der Waals surface area contributed by atoms with E-state index in [1.165, 1.54) is 43.6 Å². The van der Waals surface area contributed by atoms with Gasteiger partial charge in [0, 0.05) is 51.5 Å². The van der Waals surface area contributed by atoms with Crippen LogP contribution in [-0.2, 0) is 6.54 Å². The SMILES string of the molecule is Cc1cccnc1CN1CCN(C[C@]2(O)CCCN3CCCC[C@@H]32)CC1. The maximum absolute atomic E-state index is 11.4. The van der Waals surface area contributed by atoms with Crippen LogP contribution in [-0.4, -0.2) is 82.2 Å². The molecule has 0 aliphatic carbocycles. The number of fused-ring (bicyclic) bond motifs is 1. The van der Waals surface area contributed by atoms with E-state index in [-0.39, 0.29) is 0 Å². The lowest BCUT2D eigenvalue weighted by Gasteiger charge is -2.51. The molecule has 0 amide bonds. The van der Waals surface area contributed by atoms with Gasteiger partial charge in [0.25, 0.3) is 0 Å². The molecule has 0 radical (unpaired) electrons. The van der Waals surface area contributed by atoms with E-state index >= 15 is 0 Å². The Morgan fingerprint density at radius 3 is 2.65 bits per heavy atom. The molecule has 5 heteroatoms. The molecule has 3 saturated heterocycles. The summed E-state index contributed by atoms with van der Waals surface area (Å²) in [4.78, 5) is 12.1. The molecule has 3 aliphatic heterocycles. The molecule has 4 rings (SSSR count). The normalized spacial score (nSPS) is 31.7. The summed E-state index contributed by atoms with van der Waals surface area (Å²) < 4.78 is 0. The van der Waals surface area contributed by atoms with Crippen LogP contribution in [0.3, 0.4) is 0 Å². The fourth-order valence-corrected chi connectivity index (χ4v) is 5.19. The third-order valence-corrected chi connectivity index (χ3v) is 6.74. The third kappa shape index (κ3) is 3.96. The van der Waals surface area contributed by atoms with Crippen LogP contribution in [0.1, 0.15) is 43.4 Å². The Hall–Kier alpha value is -1.01. The smallest absolute Gasteiger partial charge is 0.0928 e. The summed E-state index contributed by atoms with van der Waals surface area (Å²) in [7, 11) is 0. The van der Waals surface area contributed by atoms with Crippen molar-refractivity contribution < 1.29 is 5.11 Å². The largest absolute Gasteiger partial charge is 0.387 e. The van der Waals surface area contributed by atoms with Crippen LogP contribution in [0.4, 0.5) is 0 Å². The summed E-state index contributed by atoms with van der Waals surface area (Å²) in [5.74, 6) is 0. The lowest BCUT2D eigenvalue weighted by molar-refractivity contribution is -0.112. The van der Waals surface area contributed by atoms with Crippen molar-refractivity contribution in [2.75, 3.05) is 45.8 Å². The highest BCUT2D eigenvalue weighted by Gasteiger charge is 2.45. The van der Waals surface area contributed by atoms with E-state index in [1.807, 2.05) is 12.3 Å². The van der Waals surface area contributed by atoms with E-state index in [4.69, 9.17) is 0 Å². The van der Waals surface area contributed by atoms with E-state index in [1.54, 1.807) is 0 Å². The minimum atomic E-state index is -0.502. The second-order valence-electron chi connectivity index (χ2n) is 8.57. The van der Waals surface area contributed by atoms with Gasteiger partial charge in [-0.2, -0.15) is 0 Å². The first-order valence-electron chi connectivity index (χ1n) is 10.5. The van der Waals surface area contributed by atoms with Crippen LogP contribution in [0.5, 0.6) is 0 Å². The van der Waals surface area contributed by atoms with E-state index < -0.39 is 5.60 Å². The van der Waals surface area contributed by atoms with Crippen LogP contribution in [0.15, 0.2) is 18.3 Å². The van der Waals surface area contributed by atoms with Gasteiger partial charge in [-0.3, -0.25) is 19.7 Å². The second kappa shape index (κ2) is 7.93. The molecule has 4 heterocycles. The molecule has 3 fully saturated rings. The molecule has 0 spiro atoms. The number of piperazine rings is 1. The number of nitrogens with zero attached hydrogens (tertiary/aromatic N) is 4. The van der Waals surface area contributed by atoms with Crippen LogP contribution in [0.25, 0.3) is 0 Å². The fourth-order valence-electron chi connectivity index (χ4n) is 5.19. The molecule has 2 atom stereocenters. The number of pyridine rings is 1. The molecule has 0 bridgehead atoms. The van der Waals surface area contributed by atoms with Crippen molar-refractivity contribution in [3.05, 3.63) is 29.6 Å². The molecule has 3 aliphatic rings. The summed E-state index contributed by atoms with van der Waals surface area (Å²) >= 11 is 0. The molecule has 26 heavy (non-hydrogen) atoms. The zero-order valence-electron chi connectivity index (χ0n) is 16.2. The number of aromatic nitrogens is 1. The molecular weight excluding hydrogens is 324 g/mol. The highest BCUT2D eigenvalue weighted by molar-refractivity contribution is 5.17. The predicted octanol–water partition coefficient (Wildman–Crippen LogP) is 1.89. The Bertz CT molecular complexity index is 599. The number of piperidine rings is 2. The summed E-state index contributed by atoms with van der Waals surface area (Å²) in [6.45, 7) is 10.6. The minimum Gasteiger partial charge on any atom is -0.387 e. The monoisotopic (exact) mass is 358 g/mol. The standard InChI is InChI=1S/C21H34N4O/c1-18-6-4-9-22-19(18)16-23-12-14-24(15-13-23)17-21(26)8-5-11-25-10-3-2-7-20(21)25/h4,6,9,20,26H,2-3,5,7-8,10-17H2,1H3/t20-,21-/m1/s1. The van der Waals surface area contributed by atoms with Gasteiger partial charge in [-0.05, 0) is 57.3 Å². The zero-order chi connectivity index (χ0) is 18.0. The third-order valence-electron chi connectivity index (χ3n) is 6.74. The van der Waals surface area contributed by atoms with Crippen molar-refractivity contribution in [1.82, 2.24) is 19.7 Å². The van der Waals surface area contributed by atoms with E-state index in [2.05, 4.69) is 32.7 Å². The van der Waals surface area contributed by atoms with Gasteiger partial charge >= 0.3 is 0 Å². The van der Waals surface area contributed by atoms with Gasteiger partial charge in [-0.25, -0.2) is 0 Å². The van der Waals surface area contributed by atoms with Crippen LogP contribution in [0.2, 0.25) is 0 Å². The van der Waals surface area contributed by atoms with E-state index in [0.717, 1.165) is 52.1 Å². The Morgan fingerprint density at radius 2 is 1.85 bits per heavy atom. The number of aliphatic hydroxyl groups is 1. The average molecular weight is 359 g/mol. The van der Waals surface area contributed by atoms with Crippen molar-refractivity contribution in [3.63, 3.8) is 0 Å². The molecule has 144 valence electrons. The quantitative estimate of drug-likeness (QED) is 0.890. The summed E-state index contributed by atoms with van der Waals surface area (Å²) in [6.07, 6.45) is 7.77. The van der Waals surface area contributed by atoms with Crippen molar-refractivity contribution in [2.24, 2.45) is 0 Å². The summed E-state index contributed by atoms with van der Waals surface area (Å²) in [5, 5.41) is 11.4. The van der Waals surface area contributed by atoms with Gasteiger partial charge in [0.05, 0.1) is 11.3 Å². The first kappa shape index (κ1) is 18.4. The minimum absolute atomic E-state index is 0.388. The van der Waals surface area contributed by atoms with E-state index in [9.17, 15) is 5.11 Å². The van der Waals surface area contributed by atoms with Crippen LogP contribution < -0.4 is 0 Å². The Balaban J connectivity index is 1.31. The number of hydrogen-bond acceptors (Lipinski definition) is 5. The highest BCUT2D eigenvalue weighted by atomic mass is 16.3. The molecule has 1 aromatic heterocycles. The average Bonchev–Trinajstić information content (AvgIpc) is 2.66. The topological polar surface area (TPSA) is 42.8 Å². The van der Waals surface area contributed by atoms with Gasteiger partial charge in [-0.15, -0.1) is 0 Å². The number of β-amino-alcohol motifs (C(OH)–C–C–N with tert-alkyl or cyclic N) is 1. The fraction of sp³-hybridized carbons (Fsp3) is 0.762. The molecule has 5 nitrogen and oxygen atoms in total. The molecular formula is C21H34N4O. The van der Waals surface area contributed by atoms with Crippen molar-refractivity contribution in [1.29, 1.82) is 0 Å². The molecule has 0 aromatic carbocycles. The molecule has 1 N–H and O–H groups in total. The lowest BCUT2D eigenvalue weighted by Crippen LogP contribution is -2.63. The van der Waals surface area contributed by atoms with Crippen molar-refractivity contribution in [2.45, 2.75) is 57.2 Å². The number of hydrogen-bond donors (Lipinski definition) is 1. The molecule has 1 aromatic rings. The van der Waals surface area contributed by atoms with Crippen molar-refractivity contribution in [3.8, 4) is 0 Å². The van der Waals surface area contributed by atoms with Crippen molar-refractivity contribution >= 4 is 0 Å². The zero-order valence-corrected chi connectivity index (χ0v) is 16.2. The summed E-state index contributed by atoms with van der Waals surface area (Å²) in [5.41, 5.74) is 1.98. The lowest BCUT2D eigenvalue weighted by atomic mass is 9.79. The first-order valence-corrected chi connectivity index (χ1v) is 10.5. The van der Waals surface area contributed by atoms with Gasteiger partial charge in [0.2, 0.25) is 0 Å². The Morgan fingerprint density at radius 1 is 1.08 bits per heavy atom. The van der Waals surface area contributed by atoms with Gasteiger partial charge in [0.15, 0.2) is 0 Å². The van der Waals surface area contributed by atoms with E-state index in [0.29, 0.717) is 6.04 Å². The summed E-state index contributed by atoms with van der Waals surface area (Å²) in [6, 6.07) is 4.54. The first-order chi connectivity index (χ1) is 12.6. The Kier molecular flexibility index (Phi) is 5.60. The molecule has 0 saturated carbocycles.